The third-order valence-electron chi connectivity index (χ3n) is 4.38. The van der Waals surface area contributed by atoms with Gasteiger partial charge in [-0.1, -0.05) is 6.07 Å². The van der Waals surface area contributed by atoms with Gasteiger partial charge in [0.25, 0.3) is 5.91 Å². The number of benzene rings is 2. The molecule has 0 atom stereocenters. The van der Waals surface area contributed by atoms with Gasteiger partial charge >= 0.3 is 5.97 Å². The van der Waals surface area contributed by atoms with Crippen molar-refractivity contribution in [2.45, 2.75) is 19.9 Å². The van der Waals surface area contributed by atoms with Crippen LogP contribution < -0.4 is 5.32 Å². The third-order valence-corrected chi connectivity index (χ3v) is 5.45. The number of amides is 1. The second kappa shape index (κ2) is 7.84. The van der Waals surface area contributed by atoms with Crippen LogP contribution in [0.1, 0.15) is 22.3 Å². The number of nitrogens with zero attached hydrogens (tertiary/aromatic N) is 3. The molecule has 0 radical (unpaired) electrons. The summed E-state index contributed by atoms with van der Waals surface area (Å²) in [6.07, 6.45) is 2.92. The van der Waals surface area contributed by atoms with E-state index in [-0.39, 0.29) is 18.9 Å². The smallest absolute Gasteiger partial charge is 0.305 e. The average Bonchev–Trinajstić information content (AvgIpc) is 3.33. The molecule has 2 heterocycles. The fraction of sp³-hybridized carbons (Fsp3) is 0.143. The second-order valence-corrected chi connectivity index (χ2v) is 7.69. The van der Waals surface area contributed by atoms with Crippen molar-refractivity contribution >= 4 is 39.1 Å². The van der Waals surface area contributed by atoms with Crippen LogP contribution in [0.3, 0.4) is 0 Å². The molecule has 2 aromatic carbocycles. The first-order valence-electron chi connectivity index (χ1n) is 9.01. The van der Waals surface area contributed by atoms with Gasteiger partial charge in [-0.2, -0.15) is 5.10 Å². The number of carboxylic acid groups (broad SMARTS) is 1. The van der Waals surface area contributed by atoms with E-state index in [4.69, 9.17) is 5.11 Å². The number of hydrogen-bond donors (Lipinski definition) is 2. The van der Waals surface area contributed by atoms with Crippen molar-refractivity contribution < 1.29 is 14.7 Å². The van der Waals surface area contributed by atoms with Gasteiger partial charge in [0.05, 0.1) is 34.9 Å². The van der Waals surface area contributed by atoms with Crippen LogP contribution in [0.4, 0.5) is 5.69 Å². The van der Waals surface area contributed by atoms with Gasteiger partial charge in [-0.3, -0.25) is 14.3 Å². The number of rotatable bonds is 6. The molecule has 4 rings (SSSR count). The first kappa shape index (κ1) is 18.8. The van der Waals surface area contributed by atoms with Crippen LogP contribution in [0, 0.1) is 6.92 Å². The second-order valence-electron chi connectivity index (χ2n) is 6.66. The Morgan fingerprint density at radius 3 is 2.72 bits per heavy atom. The number of aliphatic carboxylic acids is 1. The monoisotopic (exact) mass is 406 g/mol. The Balaban J connectivity index is 1.45. The molecule has 0 saturated heterocycles. The number of fused-ring (bicyclic) bond motifs is 1. The van der Waals surface area contributed by atoms with E-state index in [1.54, 1.807) is 11.3 Å². The molecule has 0 aliphatic rings. The summed E-state index contributed by atoms with van der Waals surface area (Å²) in [5, 5.41) is 16.5. The topological polar surface area (TPSA) is 97.1 Å². The van der Waals surface area contributed by atoms with Gasteiger partial charge in [0.15, 0.2) is 0 Å². The fourth-order valence-corrected chi connectivity index (χ4v) is 3.94. The van der Waals surface area contributed by atoms with Gasteiger partial charge in [-0.15, -0.1) is 11.3 Å². The van der Waals surface area contributed by atoms with E-state index < -0.39 is 5.97 Å². The molecule has 0 saturated carbocycles. The molecule has 0 aliphatic heterocycles. The Morgan fingerprint density at radius 2 is 1.97 bits per heavy atom. The molecular formula is C21H18N4O3S. The highest BCUT2D eigenvalue weighted by atomic mass is 32.1. The average molecular weight is 406 g/mol. The summed E-state index contributed by atoms with van der Waals surface area (Å²) in [6, 6.07) is 13.7. The number of carbonyl (C=O) groups is 2. The summed E-state index contributed by atoms with van der Waals surface area (Å²) in [6.45, 7) is 2.28. The number of thiazole rings is 1. The maximum atomic E-state index is 12.4. The zero-order chi connectivity index (χ0) is 20.4. The largest absolute Gasteiger partial charge is 0.481 e. The third kappa shape index (κ3) is 4.33. The zero-order valence-electron chi connectivity index (χ0n) is 15.6. The molecule has 0 bridgehead atoms. The van der Waals surface area contributed by atoms with E-state index in [2.05, 4.69) is 28.4 Å². The summed E-state index contributed by atoms with van der Waals surface area (Å²) in [7, 11) is 0. The molecule has 1 amide bonds. The van der Waals surface area contributed by atoms with E-state index in [0.29, 0.717) is 11.3 Å². The minimum absolute atomic E-state index is 0.0461. The van der Waals surface area contributed by atoms with Gasteiger partial charge in [0.1, 0.15) is 5.01 Å². The van der Waals surface area contributed by atoms with Crippen molar-refractivity contribution in [1.29, 1.82) is 0 Å². The van der Waals surface area contributed by atoms with Crippen LogP contribution in [-0.2, 0) is 11.3 Å². The van der Waals surface area contributed by atoms with Gasteiger partial charge < -0.3 is 10.4 Å². The first-order valence-corrected chi connectivity index (χ1v) is 9.83. The maximum Gasteiger partial charge on any atom is 0.305 e. The quantitative estimate of drug-likeness (QED) is 0.500. The van der Waals surface area contributed by atoms with E-state index in [1.807, 2.05) is 36.4 Å². The molecular weight excluding hydrogens is 388 g/mol. The van der Waals surface area contributed by atoms with E-state index in [1.165, 1.54) is 22.6 Å². The minimum atomic E-state index is -0.908. The summed E-state index contributed by atoms with van der Waals surface area (Å²) in [4.78, 5) is 27.7. The summed E-state index contributed by atoms with van der Waals surface area (Å²) in [5.74, 6) is -1.20. The van der Waals surface area contributed by atoms with Crippen molar-refractivity contribution in [2.75, 3.05) is 5.32 Å². The number of carbonyl (C=O) groups excluding carboxylic acids is 1. The van der Waals surface area contributed by atoms with E-state index in [9.17, 15) is 9.59 Å². The molecule has 4 aromatic rings. The van der Waals surface area contributed by atoms with Gasteiger partial charge in [0.2, 0.25) is 0 Å². The van der Waals surface area contributed by atoms with Crippen molar-refractivity contribution in [2.24, 2.45) is 0 Å². The Kier molecular flexibility index (Phi) is 5.09. The first-order chi connectivity index (χ1) is 14.0. The van der Waals surface area contributed by atoms with Crippen LogP contribution in [0.2, 0.25) is 0 Å². The van der Waals surface area contributed by atoms with Gasteiger partial charge in [-0.05, 0) is 48.9 Å². The lowest BCUT2D eigenvalue weighted by molar-refractivity contribution is -0.137. The standard InChI is InChI=1S/C21H18N4O3S/c1-13-2-7-17-18(10-13)29-21(24-17)14-3-5-16(6-4-14)23-20(28)15-11-22-25(12-15)9-8-19(26)27/h2-7,10-12H,8-9H2,1H3,(H,23,28)(H,26,27). The van der Waals surface area contributed by atoms with Crippen LogP contribution in [0.25, 0.3) is 20.8 Å². The number of hydrogen-bond acceptors (Lipinski definition) is 5. The molecule has 29 heavy (non-hydrogen) atoms. The molecule has 7 nitrogen and oxygen atoms in total. The molecule has 0 fully saturated rings. The van der Waals surface area contributed by atoms with E-state index >= 15 is 0 Å². The normalized spacial score (nSPS) is 10.9. The van der Waals surface area contributed by atoms with Crippen molar-refractivity contribution in [3.8, 4) is 10.6 Å². The van der Waals surface area contributed by atoms with Crippen LogP contribution in [0.15, 0.2) is 54.9 Å². The van der Waals surface area contributed by atoms with Crippen molar-refractivity contribution in [1.82, 2.24) is 14.8 Å². The van der Waals surface area contributed by atoms with Crippen LogP contribution in [0.5, 0.6) is 0 Å². The van der Waals surface area contributed by atoms with Crippen molar-refractivity contribution in [3.63, 3.8) is 0 Å². The molecule has 146 valence electrons. The Bertz CT molecular complexity index is 1190. The predicted molar refractivity (Wildman–Crippen MR) is 112 cm³/mol. The lowest BCUT2D eigenvalue weighted by Crippen LogP contribution is -2.11. The van der Waals surface area contributed by atoms with Crippen LogP contribution >= 0.6 is 11.3 Å². The Morgan fingerprint density at radius 1 is 1.17 bits per heavy atom. The van der Waals surface area contributed by atoms with E-state index in [0.717, 1.165) is 20.8 Å². The number of carboxylic acids is 1. The Labute approximate surface area is 170 Å². The molecule has 2 N–H and O–H groups in total. The number of aryl methyl sites for hydroxylation is 2. The van der Waals surface area contributed by atoms with Crippen molar-refractivity contribution in [3.05, 3.63) is 66.0 Å². The highest BCUT2D eigenvalue weighted by Gasteiger charge is 2.11. The van der Waals surface area contributed by atoms with Crippen LogP contribution in [-0.4, -0.2) is 31.7 Å². The highest BCUT2D eigenvalue weighted by molar-refractivity contribution is 7.21. The summed E-state index contributed by atoms with van der Waals surface area (Å²) in [5.41, 5.74) is 4.21. The summed E-state index contributed by atoms with van der Waals surface area (Å²) < 4.78 is 2.60. The molecule has 0 unspecified atom stereocenters. The van der Waals surface area contributed by atoms with Gasteiger partial charge in [0, 0.05) is 17.4 Å². The zero-order valence-corrected chi connectivity index (χ0v) is 16.4. The number of nitrogens with one attached hydrogen (secondary N) is 1. The highest BCUT2D eigenvalue weighted by Crippen LogP contribution is 2.31. The predicted octanol–water partition coefficient (Wildman–Crippen LogP) is 4.20. The van der Waals surface area contributed by atoms with Gasteiger partial charge in [-0.25, -0.2) is 4.98 Å². The fourth-order valence-electron chi connectivity index (χ4n) is 2.87. The lowest BCUT2D eigenvalue weighted by atomic mass is 10.2. The number of aromatic nitrogens is 3. The minimum Gasteiger partial charge on any atom is -0.481 e. The molecule has 2 aromatic heterocycles. The Hall–Kier alpha value is -3.52. The summed E-state index contributed by atoms with van der Waals surface area (Å²) >= 11 is 1.64. The molecule has 8 heteroatoms. The lowest BCUT2D eigenvalue weighted by Gasteiger charge is -2.04. The molecule has 0 spiro atoms. The molecule has 0 aliphatic carbocycles. The maximum absolute atomic E-state index is 12.4. The SMILES string of the molecule is Cc1ccc2nc(-c3ccc(NC(=O)c4cnn(CCC(=O)O)c4)cc3)sc2c1. The number of anilines is 1.